The number of rotatable bonds is 5. The van der Waals surface area contributed by atoms with Crippen molar-refractivity contribution in [3.63, 3.8) is 0 Å². The summed E-state index contributed by atoms with van der Waals surface area (Å²) in [6, 6.07) is 3.50. The summed E-state index contributed by atoms with van der Waals surface area (Å²) >= 11 is 3.22. The lowest BCUT2D eigenvalue weighted by molar-refractivity contribution is -0.135. The van der Waals surface area contributed by atoms with Crippen LogP contribution in [-0.2, 0) is 0 Å². The molecule has 0 aliphatic carbocycles. The lowest BCUT2D eigenvalue weighted by Gasteiger charge is -2.18. The number of halogens is 5. The summed E-state index contributed by atoms with van der Waals surface area (Å²) in [7, 11) is 0. The molecular weight excluding hydrogens is 316 g/mol. The fourth-order valence-corrected chi connectivity index (χ4v) is 2.14. The Kier molecular flexibility index (Phi) is 5.55. The average molecular weight is 329 g/mol. The number of hydrazine groups is 1. The van der Waals surface area contributed by atoms with Crippen LogP contribution in [-0.4, -0.2) is 6.18 Å². The molecule has 0 aliphatic heterocycles. The van der Waals surface area contributed by atoms with Crippen molar-refractivity contribution in [1.82, 2.24) is 5.43 Å². The minimum atomic E-state index is -4.18. The molecule has 1 rings (SSSR count). The fourth-order valence-electron chi connectivity index (χ4n) is 1.62. The van der Waals surface area contributed by atoms with Crippen LogP contribution in [0.1, 0.15) is 30.9 Å². The van der Waals surface area contributed by atoms with E-state index in [0.717, 1.165) is 0 Å². The van der Waals surface area contributed by atoms with E-state index >= 15 is 0 Å². The SMILES string of the molecule is NNC(CCCC(F)(F)F)c1cc(F)ccc1Br. The first-order chi connectivity index (χ1) is 8.33. The van der Waals surface area contributed by atoms with Gasteiger partial charge in [0.1, 0.15) is 5.82 Å². The van der Waals surface area contributed by atoms with Gasteiger partial charge in [0.05, 0.1) is 0 Å². The van der Waals surface area contributed by atoms with Gasteiger partial charge in [-0.15, -0.1) is 0 Å². The van der Waals surface area contributed by atoms with Crippen molar-refractivity contribution >= 4 is 15.9 Å². The molecule has 1 atom stereocenters. The summed E-state index contributed by atoms with van der Waals surface area (Å²) in [5.41, 5.74) is 2.92. The summed E-state index contributed by atoms with van der Waals surface area (Å²) in [5, 5.41) is 0. The van der Waals surface area contributed by atoms with Crippen molar-refractivity contribution in [1.29, 1.82) is 0 Å². The molecule has 0 radical (unpaired) electrons. The van der Waals surface area contributed by atoms with Gasteiger partial charge in [0.25, 0.3) is 0 Å². The monoisotopic (exact) mass is 328 g/mol. The van der Waals surface area contributed by atoms with E-state index in [1.54, 1.807) is 0 Å². The molecule has 1 unspecified atom stereocenters. The molecule has 3 N–H and O–H groups in total. The maximum atomic E-state index is 13.1. The van der Waals surface area contributed by atoms with Crippen LogP contribution in [0.2, 0.25) is 0 Å². The van der Waals surface area contributed by atoms with Gasteiger partial charge in [-0.2, -0.15) is 13.2 Å². The van der Waals surface area contributed by atoms with E-state index in [1.807, 2.05) is 0 Å². The van der Waals surface area contributed by atoms with Crippen LogP contribution in [0.4, 0.5) is 17.6 Å². The molecule has 0 aliphatic rings. The van der Waals surface area contributed by atoms with Gasteiger partial charge in [0.15, 0.2) is 0 Å². The molecule has 0 amide bonds. The highest BCUT2D eigenvalue weighted by Crippen LogP contribution is 2.29. The van der Waals surface area contributed by atoms with Crippen molar-refractivity contribution in [2.45, 2.75) is 31.5 Å². The van der Waals surface area contributed by atoms with Gasteiger partial charge in [-0.3, -0.25) is 11.3 Å². The van der Waals surface area contributed by atoms with Gasteiger partial charge in [-0.25, -0.2) is 4.39 Å². The lowest BCUT2D eigenvalue weighted by atomic mass is 10.0. The second-order valence-corrected chi connectivity index (χ2v) is 4.75. The largest absolute Gasteiger partial charge is 0.389 e. The molecule has 0 heterocycles. The van der Waals surface area contributed by atoms with E-state index in [9.17, 15) is 17.6 Å². The number of nitrogens with one attached hydrogen (secondary N) is 1. The predicted molar refractivity (Wildman–Crippen MR) is 64.1 cm³/mol. The number of hydrogen-bond acceptors (Lipinski definition) is 2. The van der Waals surface area contributed by atoms with Crippen LogP contribution in [0.15, 0.2) is 22.7 Å². The molecule has 1 aromatic rings. The molecule has 0 aromatic heterocycles. The van der Waals surface area contributed by atoms with Crippen LogP contribution in [0.3, 0.4) is 0 Å². The highest BCUT2D eigenvalue weighted by atomic mass is 79.9. The molecule has 18 heavy (non-hydrogen) atoms. The van der Waals surface area contributed by atoms with Crippen LogP contribution in [0, 0.1) is 5.82 Å². The molecule has 0 saturated carbocycles. The summed E-state index contributed by atoms with van der Waals surface area (Å²) in [6.45, 7) is 0. The van der Waals surface area contributed by atoms with Gasteiger partial charge in [0, 0.05) is 16.9 Å². The Morgan fingerprint density at radius 1 is 1.33 bits per heavy atom. The van der Waals surface area contributed by atoms with E-state index in [2.05, 4.69) is 21.4 Å². The second-order valence-electron chi connectivity index (χ2n) is 3.89. The third-order valence-electron chi connectivity index (χ3n) is 2.49. The molecule has 7 heteroatoms. The van der Waals surface area contributed by atoms with Gasteiger partial charge in [0.2, 0.25) is 0 Å². The van der Waals surface area contributed by atoms with Crippen LogP contribution in [0.5, 0.6) is 0 Å². The quantitative estimate of drug-likeness (QED) is 0.490. The summed E-state index contributed by atoms with van der Waals surface area (Å²) < 4.78 is 49.8. The Labute approximate surface area is 111 Å². The normalized spacial score (nSPS) is 13.7. The van der Waals surface area contributed by atoms with Crippen molar-refractivity contribution in [2.24, 2.45) is 5.84 Å². The molecule has 0 spiro atoms. The Bertz CT molecular complexity index is 395. The van der Waals surface area contributed by atoms with Crippen molar-refractivity contribution < 1.29 is 17.6 Å². The van der Waals surface area contributed by atoms with Crippen LogP contribution in [0.25, 0.3) is 0 Å². The molecule has 2 nitrogen and oxygen atoms in total. The number of hydrogen-bond donors (Lipinski definition) is 2. The van der Waals surface area contributed by atoms with Crippen LogP contribution >= 0.6 is 15.9 Å². The maximum absolute atomic E-state index is 13.1. The smallest absolute Gasteiger partial charge is 0.271 e. The third kappa shape index (κ3) is 4.91. The predicted octanol–water partition coefficient (Wildman–Crippen LogP) is 3.83. The van der Waals surface area contributed by atoms with Crippen molar-refractivity contribution in [2.75, 3.05) is 0 Å². The van der Waals surface area contributed by atoms with E-state index in [-0.39, 0.29) is 12.8 Å². The topological polar surface area (TPSA) is 38.0 Å². The zero-order valence-corrected chi connectivity index (χ0v) is 11.0. The van der Waals surface area contributed by atoms with Crippen molar-refractivity contribution in [3.8, 4) is 0 Å². The second kappa shape index (κ2) is 6.49. The minimum absolute atomic E-state index is 0.0681. The number of nitrogens with two attached hydrogens (primary N) is 1. The van der Waals surface area contributed by atoms with Gasteiger partial charge >= 0.3 is 6.18 Å². The first-order valence-corrected chi connectivity index (χ1v) is 6.10. The zero-order valence-electron chi connectivity index (χ0n) is 9.40. The molecule has 0 bridgehead atoms. The Morgan fingerprint density at radius 3 is 2.56 bits per heavy atom. The molecule has 102 valence electrons. The minimum Gasteiger partial charge on any atom is -0.271 e. The lowest BCUT2D eigenvalue weighted by Crippen LogP contribution is -2.28. The summed E-state index contributed by atoms with van der Waals surface area (Å²) in [5.74, 6) is 4.84. The first-order valence-electron chi connectivity index (χ1n) is 5.31. The van der Waals surface area contributed by atoms with Gasteiger partial charge in [-0.05, 0) is 36.6 Å². The average Bonchev–Trinajstić information content (AvgIpc) is 2.27. The van der Waals surface area contributed by atoms with Crippen LogP contribution < -0.4 is 11.3 Å². The van der Waals surface area contributed by atoms with E-state index in [0.29, 0.717) is 10.0 Å². The highest BCUT2D eigenvalue weighted by molar-refractivity contribution is 9.10. The summed E-state index contributed by atoms with van der Waals surface area (Å²) in [4.78, 5) is 0. The van der Waals surface area contributed by atoms with E-state index in [4.69, 9.17) is 5.84 Å². The first kappa shape index (κ1) is 15.4. The Hall–Kier alpha value is -0.660. The molecule has 1 aromatic carbocycles. The maximum Gasteiger partial charge on any atom is 0.389 e. The highest BCUT2D eigenvalue weighted by Gasteiger charge is 2.27. The molecular formula is C11H13BrF4N2. The molecule has 0 saturated heterocycles. The van der Waals surface area contributed by atoms with Crippen molar-refractivity contribution in [3.05, 3.63) is 34.1 Å². The third-order valence-corrected chi connectivity index (χ3v) is 3.21. The van der Waals surface area contributed by atoms with Gasteiger partial charge < -0.3 is 0 Å². The number of alkyl halides is 3. The van der Waals surface area contributed by atoms with E-state index < -0.39 is 24.5 Å². The Balaban J connectivity index is 2.68. The molecule has 0 fully saturated rings. The standard InChI is InChI=1S/C11H13BrF4N2/c12-9-4-3-7(13)6-8(9)10(18-17)2-1-5-11(14,15)16/h3-4,6,10,18H,1-2,5,17H2. The van der Waals surface area contributed by atoms with E-state index in [1.165, 1.54) is 18.2 Å². The summed E-state index contributed by atoms with van der Waals surface area (Å²) in [6.07, 6.45) is -4.95. The Morgan fingerprint density at radius 2 is 2.00 bits per heavy atom. The fraction of sp³-hybridized carbons (Fsp3) is 0.455. The van der Waals surface area contributed by atoms with Gasteiger partial charge in [-0.1, -0.05) is 15.9 Å². The zero-order chi connectivity index (χ0) is 13.8. The number of benzene rings is 1.